The van der Waals surface area contributed by atoms with Gasteiger partial charge in [0.25, 0.3) is 0 Å². The van der Waals surface area contributed by atoms with E-state index in [0.717, 1.165) is 0 Å². The molecule has 3 nitrogen and oxygen atoms in total. The van der Waals surface area contributed by atoms with Gasteiger partial charge in [0.1, 0.15) is 17.3 Å². The molecule has 2 N–H and O–H groups in total. The molecular formula is C16H17ClFNO2. The van der Waals surface area contributed by atoms with Gasteiger partial charge >= 0.3 is 0 Å². The molecule has 0 amide bonds. The lowest BCUT2D eigenvalue weighted by atomic mass is 9.97. The average Bonchev–Trinajstić information content (AvgIpc) is 2.49. The SMILES string of the molecule is COc1cccc(OC)c1C(N)Cc1c(F)cccc1Cl. The molecule has 0 aliphatic carbocycles. The number of ether oxygens (including phenoxy) is 2. The van der Waals surface area contributed by atoms with Gasteiger partial charge in [0, 0.05) is 16.6 Å². The van der Waals surface area contributed by atoms with E-state index in [1.165, 1.54) is 6.07 Å². The molecule has 1 atom stereocenters. The van der Waals surface area contributed by atoms with Crippen molar-refractivity contribution in [2.24, 2.45) is 5.73 Å². The molecule has 0 saturated carbocycles. The van der Waals surface area contributed by atoms with Gasteiger partial charge in [0.05, 0.1) is 19.8 Å². The van der Waals surface area contributed by atoms with Crippen molar-refractivity contribution in [1.82, 2.24) is 0 Å². The van der Waals surface area contributed by atoms with E-state index >= 15 is 0 Å². The van der Waals surface area contributed by atoms with Crippen LogP contribution in [0.4, 0.5) is 4.39 Å². The van der Waals surface area contributed by atoms with Crippen LogP contribution >= 0.6 is 11.6 Å². The van der Waals surface area contributed by atoms with Gasteiger partial charge in [0.15, 0.2) is 0 Å². The van der Waals surface area contributed by atoms with Gasteiger partial charge in [-0.15, -0.1) is 0 Å². The predicted octanol–water partition coefficient (Wildman–Crippen LogP) is 3.74. The first kappa shape index (κ1) is 15.6. The maximum atomic E-state index is 13.9. The number of halogens is 2. The first-order valence-corrected chi connectivity index (χ1v) is 6.85. The number of rotatable bonds is 5. The third-order valence-corrected chi connectivity index (χ3v) is 3.68. The van der Waals surface area contributed by atoms with Gasteiger partial charge in [-0.05, 0) is 30.7 Å². The maximum absolute atomic E-state index is 13.9. The summed E-state index contributed by atoms with van der Waals surface area (Å²) in [6.07, 6.45) is 0.252. The summed E-state index contributed by atoms with van der Waals surface area (Å²) >= 11 is 6.05. The van der Waals surface area contributed by atoms with Crippen LogP contribution in [0.15, 0.2) is 36.4 Å². The van der Waals surface area contributed by atoms with Gasteiger partial charge in [-0.3, -0.25) is 0 Å². The van der Waals surface area contributed by atoms with Gasteiger partial charge < -0.3 is 15.2 Å². The molecule has 5 heteroatoms. The van der Waals surface area contributed by atoms with Crippen molar-refractivity contribution in [1.29, 1.82) is 0 Å². The fourth-order valence-electron chi connectivity index (χ4n) is 2.29. The van der Waals surface area contributed by atoms with Gasteiger partial charge in [0.2, 0.25) is 0 Å². The Hall–Kier alpha value is -1.78. The van der Waals surface area contributed by atoms with Crippen LogP contribution < -0.4 is 15.2 Å². The third kappa shape index (κ3) is 3.28. The van der Waals surface area contributed by atoms with E-state index in [-0.39, 0.29) is 12.2 Å². The predicted molar refractivity (Wildman–Crippen MR) is 81.6 cm³/mol. The van der Waals surface area contributed by atoms with Crippen molar-refractivity contribution in [2.45, 2.75) is 12.5 Å². The molecule has 0 aromatic heterocycles. The topological polar surface area (TPSA) is 44.5 Å². The number of methoxy groups -OCH3 is 2. The van der Waals surface area contributed by atoms with Crippen LogP contribution in [0, 0.1) is 5.82 Å². The second-order valence-corrected chi connectivity index (χ2v) is 4.99. The van der Waals surface area contributed by atoms with E-state index in [9.17, 15) is 4.39 Å². The van der Waals surface area contributed by atoms with Crippen LogP contribution in [-0.2, 0) is 6.42 Å². The van der Waals surface area contributed by atoms with Crippen LogP contribution in [0.5, 0.6) is 11.5 Å². The van der Waals surface area contributed by atoms with Crippen LogP contribution in [0.2, 0.25) is 5.02 Å². The summed E-state index contributed by atoms with van der Waals surface area (Å²) in [4.78, 5) is 0. The molecule has 2 rings (SSSR count). The summed E-state index contributed by atoms with van der Waals surface area (Å²) in [6.45, 7) is 0. The highest BCUT2D eigenvalue weighted by molar-refractivity contribution is 6.31. The molecule has 1 unspecified atom stereocenters. The van der Waals surface area contributed by atoms with E-state index < -0.39 is 6.04 Å². The molecule has 0 radical (unpaired) electrons. The Morgan fingerprint density at radius 1 is 1.10 bits per heavy atom. The average molecular weight is 310 g/mol. The molecule has 0 bridgehead atoms. The Labute approximate surface area is 128 Å². The minimum absolute atomic E-state index is 0.252. The van der Waals surface area contributed by atoms with Crippen LogP contribution in [0.3, 0.4) is 0 Å². The first-order chi connectivity index (χ1) is 10.1. The lowest BCUT2D eigenvalue weighted by Gasteiger charge is -2.19. The lowest BCUT2D eigenvalue weighted by molar-refractivity contribution is 0.378. The highest BCUT2D eigenvalue weighted by atomic mass is 35.5. The zero-order chi connectivity index (χ0) is 15.4. The third-order valence-electron chi connectivity index (χ3n) is 3.32. The van der Waals surface area contributed by atoms with E-state index in [1.54, 1.807) is 38.5 Å². The van der Waals surface area contributed by atoms with E-state index in [1.807, 2.05) is 6.07 Å². The fraction of sp³-hybridized carbons (Fsp3) is 0.250. The smallest absolute Gasteiger partial charge is 0.127 e. The normalized spacial score (nSPS) is 12.0. The first-order valence-electron chi connectivity index (χ1n) is 6.47. The molecule has 2 aromatic carbocycles. The van der Waals surface area contributed by atoms with Gasteiger partial charge in [-0.2, -0.15) is 0 Å². The van der Waals surface area contributed by atoms with Crippen LogP contribution in [0.1, 0.15) is 17.2 Å². The Morgan fingerprint density at radius 3 is 2.19 bits per heavy atom. The second kappa shape index (κ2) is 6.78. The molecule has 0 saturated heterocycles. The fourth-order valence-corrected chi connectivity index (χ4v) is 2.53. The van der Waals surface area contributed by atoms with Crippen molar-refractivity contribution in [3.05, 3.63) is 58.4 Å². The van der Waals surface area contributed by atoms with Crippen molar-refractivity contribution in [3.8, 4) is 11.5 Å². The summed E-state index contributed by atoms with van der Waals surface area (Å²) in [5.74, 6) is 0.843. The standard InChI is InChI=1S/C16H17ClFNO2/c1-20-14-7-4-8-15(21-2)16(14)13(19)9-10-11(17)5-3-6-12(10)18/h3-8,13H,9,19H2,1-2H3. The summed E-state index contributed by atoms with van der Waals surface area (Å²) in [6, 6.07) is 9.48. The van der Waals surface area contributed by atoms with E-state index in [4.69, 9.17) is 26.8 Å². The van der Waals surface area contributed by atoms with Crippen LogP contribution in [0.25, 0.3) is 0 Å². The molecule has 112 valence electrons. The zero-order valence-electron chi connectivity index (χ0n) is 11.9. The molecule has 2 aromatic rings. The molecule has 0 heterocycles. The van der Waals surface area contributed by atoms with E-state index in [0.29, 0.717) is 27.6 Å². The number of hydrogen-bond donors (Lipinski definition) is 1. The molecule has 0 aliphatic rings. The summed E-state index contributed by atoms with van der Waals surface area (Å²) in [5, 5.41) is 0.360. The number of nitrogens with two attached hydrogens (primary N) is 1. The van der Waals surface area contributed by atoms with Gasteiger partial charge in [-0.25, -0.2) is 4.39 Å². The van der Waals surface area contributed by atoms with Crippen molar-refractivity contribution in [2.75, 3.05) is 14.2 Å². The summed E-state index contributed by atoms with van der Waals surface area (Å²) in [7, 11) is 3.11. The Balaban J connectivity index is 2.39. The highest BCUT2D eigenvalue weighted by Gasteiger charge is 2.20. The molecule has 0 aliphatic heterocycles. The lowest BCUT2D eigenvalue weighted by Crippen LogP contribution is -2.16. The van der Waals surface area contributed by atoms with Crippen molar-refractivity contribution < 1.29 is 13.9 Å². The molecule has 21 heavy (non-hydrogen) atoms. The monoisotopic (exact) mass is 309 g/mol. The minimum Gasteiger partial charge on any atom is -0.496 e. The molecule has 0 spiro atoms. The number of benzene rings is 2. The summed E-state index contributed by atoms with van der Waals surface area (Å²) < 4.78 is 24.5. The molecular weight excluding hydrogens is 293 g/mol. The Kier molecular flexibility index (Phi) is 5.04. The summed E-state index contributed by atoms with van der Waals surface area (Å²) in [5.41, 5.74) is 7.32. The Bertz CT molecular complexity index is 591. The van der Waals surface area contributed by atoms with Crippen molar-refractivity contribution >= 4 is 11.6 Å². The zero-order valence-corrected chi connectivity index (χ0v) is 12.7. The highest BCUT2D eigenvalue weighted by Crippen LogP contribution is 2.35. The minimum atomic E-state index is -0.495. The maximum Gasteiger partial charge on any atom is 0.127 e. The number of hydrogen-bond acceptors (Lipinski definition) is 3. The van der Waals surface area contributed by atoms with Crippen LogP contribution in [-0.4, -0.2) is 14.2 Å². The molecule has 0 fully saturated rings. The largest absolute Gasteiger partial charge is 0.496 e. The quantitative estimate of drug-likeness (QED) is 0.915. The van der Waals surface area contributed by atoms with E-state index in [2.05, 4.69) is 0 Å². The second-order valence-electron chi connectivity index (χ2n) is 4.59. The van der Waals surface area contributed by atoms with Crippen molar-refractivity contribution in [3.63, 3.8) is 0 Å². The Morgan fingerprint density at radius 2 is 1.67 bits per heavy atom. The van der Waals surface area contributed by atoms with Gasteiger partial charge in [-0.1, -0.05) is 23.7 Å².